The molecule has 9 heteroatoms. The summed E-state index contributed by atoms with van der Waals surface area (Å²) < 4.78 is 1.62. The normalized spacial score (nSPS) is 12.1. The van der Waals surface area contributed by atoms with Crippen molar-refractivity contribution in [3.63, 3.8) is 0 Å². The van der Waals surface area contributed by atoms with Gasteiger partial charge in [0.2, 0.25) is 11.1 Å². The lowest BCUT2D eigenvalue weighted by Gasteiger charge is -2.12. The monoisotopic (exact) mass is 391 g/mol. The summed E-state index contributed by atoms with van der Waals surface area (Å²) >= 11 is 1.29. The third kappa shape index (κ3) is 3.84. The highest BCUT2D eigenvalue weighted by Gasteiger charge is 2.19. The topological polar surface area (TPSA) is 98.5 Å². The predicted octanol–water partition coefficient (Wildman–Crippen LogP) is 3.03. The van der Waals surface area contributed by atoms with Crippen LogP contribution in [-0.4, -0.2) is 41.3 Å². The molecule has 4 aromatic rings. The van der Waals surface area contributed by atoms with Crippen molar-refractivity contribution in [1.82, 2.24) is 30.2 Å². The summed E-state index contributed by atoms with van der Waals surface area (Å²) in [5, 5.41) is 14.9. The Morgan fingerprint density at radius 3 is 2.61 bits per heavy atom. The van der Waals surface area contributed by atoms with Gasteiger partial charge in [-0.3, -0.25) is 14.8 Å². The number of benzene rings is 2. The van der Waals surface area contributed by atoms with E-state index < -0.39 is 5.25 Å². The second-order valence-electron chi connectivity index (χ2n) is 6.22. The number of fused-ring (bicyclic) bond motifs is 1. The zero-order valence-corrected chi connectivity index (χ0v) is 16.1. The van der Waals surface area contributed by atoms with Crippen molar-refractivity contribution in [2.75, 3.05) is 5.32 Å². The SMILES string of the molecule is Cc1ccc(-n2nnnc2SC(C)C(=O)Nc2ccc3nccnc3c2)cc1. The molecule has 1 N–H and O–H groups in total. The van der Waals surface area contributed by atoms with Gasteiger partial charge < -0.3 is 5.32 Å². The molecule has 0 fully saturated rings. The number of hydrogen-bond acceptors (Lipinski definition) is 7. The lowest BCUT2D eigenvalue weighted by atomic mass is 10.2. The number of nitrogens with one attached hydrogen (secondary N) is 1. The van der Waals surface area contributed by atoms with Crippen LogP contribution in [0.1, 0.15) is 12.5 Å². The zero-order chi connectivity index (χ0) is 19.5. The standard InChI is InChI=1S/C19H17N7OS/c1-12-3-6-15(7-4-12)26-19(23-24-25-26)28-13(2)18(27)22-14-5-8-16-17(11-14)21-10-9-20-16/h3-11,13H,1-2H3,(H,22,27). The zero-order valence-electron chi connectivity index (χ0n) is 15.3. The first-order chi connectivity index (χ1) is 13.6. The first kappa shape index (κ1) is 18.1. The summed E-state index contributed by atoms with van der Waals surface area (Å²) in [4.78, 5) is 21.1. The first-order valence-corrected chi connectivity index (χ1v) is 9.52. The van der Waals surface area contributed by atoms with Crippen LogP contribution in [0, 0.1) is 6.92 Å². The summed E-state index contributed by atoms with van der Waals surface area (Å²) in [7, 11) is 0. The highest BCUT2D eigenvalue weighted by Crippen LogP contribution is 2.24. The van der Waals surface area contributed by atoms with Crippen LogP contribution in [0.25, 0.3) is 16.7 Å². The van der Waals surface area contributed by atoms with Gasteiger partial charge in [0, 0.05) is 18.1 Å². The number of anilines is 1. The highest BCUT2D eigenvalue weighted by molar-refractivity contribution is 8.00. The minimum atomic E-state index is -0.396. The van der Waals surface area contributed by atoms with Crippen LogP contribution in [-0.2, 0) is 4.79 Å². The van der Waals surface area contributed by atoms with Gasteiger partial charge in [-0.2, -0.15) is 4.68 Å². The second-order valence-corrected chi connectivity index (χ2v) is 7.53. The van der Waals surface area contributed by atoms with Crippen LogP contribution < -0.4 is 5.32 Å². The van der Waals surface area contributed by atoms with Gasteiger partial charge >= 0.3 is 0 Å². The molecule has 0 saturated heterocycles. The fraction of sp³-hybridized carbons (Fsp3) is 0.158. The molecule has 0 aliphatic rings. The van der Waals surface area contributed by atoms with E-state index in [0.29, 0.717) is 10.8 Å². The molecule has 0 saturated carbocycles. The van der Waals surface area contributed by atoms with Crippen molar-refractivity contribution < 1.29 is 4.79 Å². The molecule has 28 heavy (non-hydrogen) atoms. The smallest absolute Gasteiger partial charge is 0.237 e. The molecule has 2 aromatic heterocycles. The van der Waals surface area contributed by atoms with E-state index in [0.717, 1.165) is 22.3 Å². The fourth-order valence-electron chi connectivity index (χ4n) is 2.60. The van der Waals surface area contributed by atoms with Crippen molar-refractivity contribution in [3.05, 3.63) is 60.4 Å². The Morgan fingerprint density at radius 2 is 1.82 bits per heavy atom. The third-order valence-corrected chi connectivity index (χ3v) is 5.14. The van der Waals surface area contributed by atoms with Gasteiger partial charge in [-0.05, 0) is 54.6 Å². The number of carbonyl (C=O) groups excluding carboxylic acids is 1. The number of rotatable bonds is 5. The van der Waals surface area contributed by atoms with Gasteiger partial charge in [-0.15, -0.1) is 5.10 Å². The predicted molar refractivity (Wildman–Crippen MR) is 107 cm³/mol. The number of hydrogen-bond donors (Lipinski definition) is 1. The first-order valence-electron chi connectivity index (χ1n) is 8.64. The molecule has 140 valence electrons. The fourth-order valence-corrected chi connectivity index (χ4v) is 3.40. The molecule has 0 radical (unpaired) electrons. The average Bonchev–Trinajstić information content (AvgIpc) is 3.16. The maximum absolute atomic E-state index is 12.6. The van der Waals surface area contributed by atoms with Crippen molar-refractivity contribution in [2.24, 2.45) is 0 Å². The largest absolute Gasteiger partial charge is 0.325 e. The summed E-state index contributed by atoms with van der Waals surface area (Å²) in [6, 6.07) is 13.3. The molecule has 8 nitrogen and oxygen atoms in total. The van der Waals surface area contributed by atoms with Crippen LogP contribution in [0.3, 0.4) is 0 Å². The van der Waals surface area contributed by atoms with Crippen LogP contribution in [0.5, 0.6) is 0 Å². The Bertz CT molecular complexity index is 1130. The lowest BCUT2D eigenvalue weighted by Crippen LogP contribution is -2.23. The summed E-state index contributed by atoms with van der Waals surface area (Å²) in [5.74, 6) is -0.147. The van der Waals surface area contributed by atoms with Gasteiger partial charge in [0.25, 0.3) is 0 Å². The van der Waals surface area contributed by atoms with Crippen LogP contribution in [0.2, 0.25) is 0 Å². The summed E-state index contributed by atoms with van der Waals surface area (Å²) in [6.45, 7) is 3.83. The molecule has 1 unspecified atom stereocenters. The minimum absolute atomic E-state index is 0.147. The number of nitrogens with zero attached hydrogens (tertiary/aromatic N) is 6. The molecular formula is C19H17N7OS. The van der Waals surface area contributed by atoms with E-state index in [1.807, 2.05) is 50.2 Å². The Hall–Kier alpha value is -3.33. The lowest BCUT2D eigenvalue weighted by molar-refractivity contribution is -0.115. The van der Waals surface area contributed by atoms with Crippen LogP contribution in [0.15, 0.2) is 60.0 Å². The Balaban J connectivity index is 1.47. The van der Waals surface area contributed by atoms with Crippen molar-refractivity contribution in [1.29, 1.82) is 0 Å². The van der Waals surface area contributed by atoms with Gasteiger partial charge in [-0.1, -0.05) is 29.5 Å². The van der Waals surface area contributed by atoms with Crippen LogP contribution in [0.4, 0.5) is 5.69 Å². The van der Waals surface area contributed by atoms with Crippen LogP contribution >= 0.6 is 11.8 Å². The minimum Gasteiger partial charge on any atom is -0.325 e. The van der Waals surface area contributed by atoms with Crippen molar-refractivity contribution in [2.45, 2.75) is 24.3 Å². The maximum atomic E-state index is 12.6. The number of amides is 1. The number of aromatic nitrogens is 6. The third-order valence-electron chi connectivity index (χ3n) is 4.11. The molecule has 4 rings (SSSR count). The van der Waals surface area contributed by atoms with Crippen molar-refractivity contribution in [3.8, 4) is 5.69 Å². The van der Waals surface area contributed by atoms with Gasteiger partial charge in [0.15, 0.2) is 0 Å². The maximum Gasteiger partial charge on any atom is 0.237 e. The molecule has 1 amide bonds. The van der Waals surface area contributed by atoms with E-state index in [4.69, 9.17) is 0 Å². The number of carbonyl (C=O) groups is 1. The number of thioether (sulfide) groups is 1. The van der Waals surface area contributed by atoms with Gasteiger partial charge in [0.05, 0.1) is 22.0 Å². The molecule has 2 heterocycles. The van der Waals surface area contributed by atoms with E-state index in [1.54, 1.807) is 23.1 Å². The molecule has 2 aromatic carbocycles. The van der Waals surface area contributed by atoms with Gasteiger partial charge in [-0.25, -0.2) is 0 Å². The highest BCUT2D eigenvalue weighted by atomic mass is 32.2. The number of aryl methyl sites for hydroxylation is 1. The van der Waals surface area contributed by atoms with E-state index in [2.05, 4.69) is 30.8 Å². The molecule has 0 bridgehead atoms. The number of tetrazole rings is 1. The summed E-state index contributed by atoms with van der Waals surface area (Å²) in [5.41, 5.74) is 4.17. The van der Waals surface area contributed by atoms with E-state index >= 15 is 0 Å². The van der Waals surface area contributed by atoms with Crippen molar-refractivity contribution >= 4 is 34.4 Å². The molecule has 0 aliphatic carbocycles. The molecule has 0 aliphatic heterocycles. The molecular weight excluding hydrogens is 374 g/mol. The van der Waals surface area contributed by atoms with Gasteiger partial charge in [0.1, 0.15) is 0 Å². The summed E-state index contributed by atoms with van der Waals surface area (Å²) in [6.07, 6.45) is 3.26. The van der Waals surface area contributed by atoms with E-state index in [1.165, 1.54) is 11.8 Å². The van der Waals surface area contributed by atoms with E-state index in [-0.39, 0.29) is 5.91 Å². The average molecular weight is 391 g/mol. The quantitative estimate of drug-likeness (QED) is 0.522. The Labute approximate surface area is 165 Å². The Morgan fingerprint density at radius 1 is 1.07 bits per heavy atom. The van der Waals surface area contributed by atoms with E-state index in [9.17, 15) is 4.79 Å². The molecule has 1 atom stereocenters. The Kier molecular flexibility index (Phi) is 4.98. The molecule has 0 spiro atoms. The second kappa shape index (κ2) is 7.73.